The predicted octanol–water partition coefficient (Wildman–Crippen LogP) is 4.41. The molecule has 0 saturated carbocycles. The van der Waals surface area contributed by atoms with Gasteiger partial charge >= 0.3 is 0 Å². The average molecular weight is 393 g/mol. The van der Waals surface area contributed by atoms with E-state index in [0.29, 0.717) is 35.0 Å². The quantitative estimate of drug-likeness (QED) is 0.347. The van der Waals surface area contributed by atoms with Crippen molar-refractivity contribution in [3.8, 4) is 17.1 Å². The van der Waals surface area contributed by atoms with E-state index in [1.165, 1.54) is 12.3 Å². The van der Waals surface area contributed by atoms with Crippen LogP contribution in [-0.4, -0.2) is 23.7 Å². The van der Waals surface area contributed by atoms with E-state index >= 15 is 0 Å². The van der Waals surface area contributed by atoms with Crippen molar-refractivity contribution >= 4 is 17.8 Å². The Balaban J connectivity index is 1.63. The van der Waals surface area contributed by atoms with Crippen molar-refractivity contribution in [1.29, 1.82) is 0 Å². The van der Waals surface area contributed by atoms with E-state index in [-0.39, 0.29) is 11.6 Å². The molecule has 0 aliphatic heterocycles. The van der Waals surface area contributed by atoms with Crippen LogP contribution in [0.5, 0.6) is 5.75 Å². The number of nitro groups is 1. The number of hydrazone groups is 1. The summed E-state index contributed by atoms with van der Waals surface area (Å²) in [5, 5.41) is 15.0. The fourth-order valence-corrected chi connectivity index (χ4v) is 2.55. The van der Waals surface area contributed by atoms with Crippen LogP contribution in [0.2, 0.25) is 0 Å². The van der Waals surface area contributed by atoms with Gasteiger partial charge in [-0.15, -0.1) is 0 Å². The lowest BCUT2D eigenvalue weighted by Crippen LogP contribution is -2.17. The summed E-state index contributed by atoms with van der Waals surface area (Å²) in [7, 11) is 0. The molecule has 0 aliphatic carbocycles. The Morgan fingerprint density at radius 2 is 1.93 bits per heavy atom. The maximum absolute atomic E-state index is 12.1. The van der Waals surface area contributed by atoms with E-state index in [1.807, 2.05) is 6.92 Å². The molecule has 0 atom stereocenters. The monoisotopic (exact) mass is 393 g/mol. The summed E-state index contributed by atoms with van der Waals surface area (Å²) < 4.78 is 11.1. The summed E-state index contributed by atoms with van der Waals surface area (Å²) in [4.78, 5) is 22.8. The second-order valence-electron chi connectivity index (χ2n) is 6.05. The summed E-state index contributed by atoms with van der Waals surface area (Å²) in [6, 6.07) is 16.3. The van der Waals surface area contributed by atoms with Gasteiger partial charge in [-0.05, 0) is 48.9 Å². The molecule has 0 bridgehead atoms. The van der Waals surface area contributed by atoms with Gasteiger partial charge in [-0.25, -0.2) is 5.43 Å². The zero-order valence-corrected chi connectivity index (χ0v) is 15.7. The van der Waals surface area contributed by atoms with Gasteiger partial charge in [0.2, 0.25) is 0 Å². The van der Waals surface area contributed by atoms with Crippen molar-refractivity contribution in [2.75, 3.05) is 6.61 Å². The number of benzene rings is 2. The summed E-state index contributed by atoms with van der Waals surface area (Å²) in [6.07, 6.45) is 2.23. The molecule has 0 unspecified atom stereocenters. The third-order valence-electron chi connectivity index (χ3n) is 3.94. The number of carbonyl (C=O) groups is 1. The van der Waals surface area contributed by atoms with Crippen LogP contribution in [0.4, 0.5) is 5.69 Å². The molecule has 1 N–H and O–H groups in total. The predicted molar refractivity (Wildman–Crippen MR) is 108 cm³/mol. The average Bonchev–Trinajstić information content (AvgIpc) is 3.21. The minimum Gasteiger partial charge on any atom is -0.494 e. The molecule has 1 heterocycles. The SMILES string of the molecule is CCCOc1ccc(C(=O)N/N=C\c2ccc(-c3ccccc3[N+](=O)[O-])o2)cc1. The third kappa shape index (κ3) is 5.07. The van der Waals surface area contributed by atoms with Crippen molar-refractivity contribution in [3.05, 3.63) is 82.1 Å². The molecule has 0 spiro atoms. The number of nitrogens with one attached hydrogen (secondary N) is 1. The van der Waals surface area contributed by atoms with Crippen molar-refractivity contribution < 1.29 is 18.9 Å². The van der Waals surface area contributed by atoms with Crippen LogP contribution in [0, 0.1) is 10.1 Å². The molecule has 0 radical (unpaired) electrons. The molecule has 3 aromatic rings. The molecule has 0 fully saturated rings. The topological polar surface area (TPSA) is 107 Å². The molecular formula is C21H19N3O5. The first-order valence-corrected chi connectivity index (χ1v) is 8.98. The van der Waals surface area contributed by atoms with Gasteiger partial charge in [0.15, 0.2) is 0 Å². The third-order valence-corrected chi connectivity index (χ3v) is 3.94. The Labute approximate surface area is 167 Å². The zero-order chi connectivity index (χ0) is 20.6. The maximum Gasteiger partial charge on any atom is 0.280 e. The van der Waals surface area contributed by atoms with Crippen LogP contribution in [0.3, 0.4) is 0 Å². The fourth-order valence-electron chi connectivity index (χ4n) is 2.55. The van der Waals surface area contributed by atoms with E-state index in [1.54, 1.807) is 54.6 Å². The molecule has 29 heavy (non-hydrogen) atoms. The molecule has 8 nitrogen and oxygen atoms in total. The largest absolute Gasteiger partial charge is 0.494 e. The molecule has 8 heteroatoms. The van der Waals surface area contributed by atoms with E-state index in [4.69, 9.17) is 9.15 Å². The summed E-state index contributed by atoms with van der Waals surface area (Å²) in [5.41, 5.74) is 3.16. The van der Waals surface area contributed by atoms with Crippen molar-refractivity contribution in [1.82, 2.24) is 5.43 Å². The smallest absolute Gasteiger partial charge is 0.280 e. The normalized spacial score (nSPS) is 10.8. The maximum atomic E-state index is 12.1. The number of furan rings is 1. The zero-order valence-electron chi connectivity index (χ0n) is 15.7. The number of hydrogen-bond acceptors (Lipinski definition) is 6. The second-order valence-corrected chi connectivity index (χ2v) is 6.05. The standard InChI is InChI=1S/C21H19N3O5/c1-2-13-28-16-9-7-15(8-10-16)21(25)23-22-14-17-11-12-20(29-17)18-5-3-4-6-19(18)24(26)27/h3-12,14H,2,13H2,1H3,(H,23,25)/b22-14-. The van der Waals surface area contributed by atoms with E-state index in [0.717, 1.165) is 6.42 Å². The van der Waals surface area contributed by atoms with E-state index in [2.05, 4.69) is 10.5 Å². The number of ether oxygens (including phenoxy) is 1. The molecule has 1 aromatic heterocycles. The molecule has 148 valence electrons. The minimum absolute atomic E-state index is 0.0509. The Morgan fingerprint density at radius 1 is 1.17 bits per heavy atom. The Kier molecular flexibility index (Phi) is 6.36. The molecule has 0 saturated heterocycles. The number of hydrogen-bond donors (Lipinski definition) is 1. The first-order valence-electron chi connectivity index (χ1n) is 8.98. The highest BCUT2D eigenvalue weighted by atomic mass is 16.6. The van der Waals surface area contributed by atoms with Gasteiger partial charge in [0.25, 0.3) is 11.6 Å². The van der Waals surface area contributed by atoms with Gasteiger partial charge in [0, 0.05) is 11.6 Å². The van der Waals surface area contributed by atoms with Crippen LogP contribution in [0.1, 0.15) is 29.5 Å². The minimum atomic E-state index is -0.468. The first kappa shape index (κ1) is 19.8. The number of nitrogens with zero attached hydrogens (tertiary/aromatic N) is 2. The molecular weight excluding hydrogens is 374 g/mol. The van der Waals surface area contributed by atoms with Crippen LogP contribution >= 0.6 is 0 Å². The van der Waals surface area contributed by atoms with Gasteiger partial charge in [-0.2, -0.15) is 5.10 Å². The van der Waals surface area contributed by atoms with E-state index < -0.39 is 4.92 Å². The van der Waals surface area contributed by atoms with Gasteiger partial charge in [-0.1, -0.05) is 19.1 Å². The molecule has 3 rings (SSSR count). The number of carbonyl (C=O) groups excluding carboxylic acids is 1. The highest BCUT2D eigenvalue weighted by Crippen LogP contribution is 2.30. The van der Waals surface area contributed by atoms with Crippen molar-refractivity contribution in [2.45, 2.75) is 13.3 Å². The van der Waals surface area contributed by atoms with Crippen LogP contribution in [-0.2, 0) is 0 Å². The fraction of sp³-hybridized carbons (Fsp3) is 0.143. The van der Waals surface area contributed by atoms with Crippen LogP contribution in [0.25, 0.3) is 11.3 Å². The van der Waals surface area contributed by atoms with E-state index in [9.17, 15) is 14.9 Å². The number of nitro benzene ring substituents is 1. The van der Waals surface area contributed by atoms with Crippen molar-refractivity contribution in [2.24, 2.45) is 5.10 Å². The summed E-state index contributed by atoms with van der Waals surface area (Å²) in [6.45, 7) is 2.63. The highest BCUT2D eigenvalue weighted by molar-refractivity contribution is 5.94. The second kappa shape index (κ2) is 9.32. The van der Waals surface area contributed by atoms with Gasteiger partial charge in [0.05, 0.1) is 23.3 Å². The molecule has 0 aliphatic rings. The van der Waals surface area contributed by atoms with Gasteiger partial charge in [-0.3, -0.25) is 14.9 Å². The number of para-hydroxylation sites is 1. The van der Waals surface area contributed by atoms with Crippen LogP contribution in [0.15, 0.2) is 70.2 Å². The van der Waals surface area contributed by atoms with Gasteiger partial charge in [0.1, 0.15) is 17.3 Å². The first-order chi connectivity index (χ1) is 14.1. The number of rotatable bonds is 8. The number of amides is 1. The summed E-state index contributed by atoms with van der Waals surface area (Å²) >= 11 is 0. The summed E-state index contributed by atoms with van der Waals surface area (Å²) in [5.74, 6) is 1.01. The Bertz CT molecular complexity index is 1020. The lowest BCUT2D eigenvalue weighted by molar-refractivity contribution is -0.384. The van der Waals surface area contributed by atoms with Crippen LogP contribution < -0.4 is 10.2 Å². The lowest BCUT2D eigenvalue weighted by atomic mass is 10.1. The highest BCUT2D eigenvalue weighted by Gasteiger charge is 2.16. The van der Waals surface area contributed by atoms with Crippen molar-refractivity contribution in [3.63, 3.8) is 0 Å². The Morgan fingerprint density at radius 3 is 2.66 bits per heavy atom. The van der Waals surface area contributed by atoms with Gasteiger partial charge < -0.3 is 9.15 Å². The Hall–Kier alpha value is -3.94. The molecule has 1 amide bonds. The lowest BCUT2D eigenvalue weighted by Gasteiger charge is -2.05. The molecule has 2 aromatic carbocycles.